The predicted octanol–water partition coefficient (Wildman–Crippen LogP) is 2.12. The maximum Gasteiger partial charge on any atom is 0.0162 e. The van der Waals surface area contributed by atoms with Crippen molar-refractivity contribution in [3.05, 3.63) is 0 Å². The highest BCUT2D eigenvalue weighted by Gasteiger charge is 2.60. The first-order valence-electron chi connectivity index (χ1n) is 4.90. The summed E-state index contributed by atoms with van der Waals surface area (Å²) in [7, 11) is 0. The van der Waals surface area contributed by atoms with Crippen molar-refractivity contribution in [2.45, 2.75) is 52.2 Å². The van der Waals surface area contributed by atoms with Gasteiger partial charge in [-0.1, -0.05) is 13.8 Å². The SMILES string of the molecule is CC(C)C1C2CC1N2C(C)C. The minimum absolute atomic E-state index is 0.786. The molecule has 2 heterocycles. The molecule has 1 aliphatic carbocycles. The van der Waals surface area contributed by atoms with E-state index in [1.54, 1.807) is 0 Å². The molecule has 0 amide bonds. The van der Waals surface area contributed by atoms with E-state index in [2.05, 4.69) is 32.6 Å². The molecular formula is C10H19N. The largest absolute Gasteiger partial charge is 0.294 e. The summed E-state index contributed by atoms with van der Waals surface area (Å²) in [5, 5.41) is 0. The summed E-state index contributed by atoms with van der Waals surface area (Å²) in [6.45, 7) is 9.36. The van der Waals surface area contributed by atoms with Gasteiger partial charge in [0.2, 0.25) is 0 Å². The van der Waals surface area contributed by atoms with Gasteiger partial charge in [-0.3, -0.25) is 4.90 Å². The molecule has 0 N–H and O–H groups in total. The Morgan fingerprint density at radius 3 is 1.91 bits per heavy atom. The lowest BCUT2D eigenvalue weighted by molar-refractivity contribution is -0.206. The van der Waals surface area contributed by atoms with Gasteiger partial charge in [0.05, 0.1) is 0 Å². The van der Waals surface area contributed by atoms with Crippen LogP contribution in [0.2, 0.25) is 0 Å². The maximum atomic E-state index is 2.67. The van der Waals surface area contributed by atoms with E-state index in [0.29, 0.717) is 0 Å². The number of hydrogen-bond acceptors (Lipinski definition) is 1. The molecule has 2 bridgehead atoms. The topological polar surface area (TPSA) is 3.24 Å². The van der Waals surface area contributed by atoms with Gasteiger partial charge in [-0.05, 0) is 32.1 Å². The highest BCUT2D eigenvalue weighted by atomic mass is 15.3. The smallest absolute Gasteiger partial charge is 0.0162 e. The number of nitrogens with zero attached hydrogens (tertiary/aromatic N) is 1. The summed E-state index contributed by atoms with van der Waals surface area (Å²) in [5.41, 5.74) is 0. The fourth-order valence-corrected chi connectivity index (χ4v) is 2.92. The summed E-state index contributed by atoms with van der Waals surface area (Å²) in [6, 6.07) is 2.70. The molecule has 3 rings (SSSR count). The van der Waals surface area contributed by atoms with E-state index >= 15 is 0 Å². The fourth-order valence-electron chi connectivity index (χ4n) is 2.92. The van der Waals surface area contributed by atoms with Crippen LogP contribution < -0.4 is 0 Å². The van der Waals surface area contributed by atoms with Crippen molar-refractivity contribution in [2.75, 3.05) is 0 Å². The zero-order chi connectivity index (χ0) is 8.17. The molecule has 2 aliphatic heterocycles. The van der Waals surface area contributed by atoms with Gasteiger partial charge in [0.1, 0.15) is 0 Å². The first-order valence-corrected chi connectivity index (χ1v) is 4.90. The van der Waals surface area contributed by atoms with Gasteiger partial charge in [-0.15, -0.1) is 0 Å². The summed E-state index contributed by atoms with van der Waals surface area (Å²) < 4.78 is 0. The van der Waals surface area contributed by atoms with Crippen molar-refractivity contribution in [3.8, 4) is 0 Å². The Morgan fingerprint density at radius 1 is 1.09 bits per heavy atom. The molecule has 64 valence electrons. The van der Waals surface area contributed by atoms with E-state index in [9.17, 15) is 0 Å². The second-order valence-electron chi connectivity index (χ2n) is 4.73. The fraction of sp³-hybridized carbons (Fsp3) is 1.00. The van der Waals surface area contributed by atoms with Gasteiger partial charge in [0.15, 0.2) is 0 Å². The second-order valence-corrected chi connectivity index (χ2v) is 4.73. The Kier molecular flexibility index (Phi) is 1.54. The molecule has 3 aliphatic rings. The summed E-state index contributed by atoms with van der Waals surface area (Å²) in [4.78, 5) is 2.67. The van der Waals surface area contributed by atoms with Crippen molar-refractivity contribution in [1.82, 2.24) is 4.90 Å². The normalized spacial score (nSPS) is 42.5. The molecule has 2 unspecified atom stereocenters. The van der Waals surface area contributed by atoms with Crippen molar-refractivity contribution in [2.24, 2.45) is 11.8 Å². The van der Waals surface area contributed by atoms with Crippen LogP contribution in [0.3, 0.4) is 0 Å². The lowest BCUT2D eigenvalue weighted by Gasteiger charge is -2.70. The average molecular weight is 153 g/mol. The molecule has 2 saturated heterocycles. The zero-order valence-electron chi connectivity index (χ0n) is 8.04. The van der Waals surface area contributed by atoms with Crippen molar-refractivity contribution in [3.63, 3.8) is 0 Å². The third-order valence-corrected chi connectivity index (χ3v) is 3.50. The molecular weight excluding hydrogens is 134 g/mol. The van der Waals surface area contributed by atoms with Gasteiger partial charge in [-0.25, -0.2) is 0 Å². The van der Waals surface area contributed by atoms with Crippen LogP contribution in [-0.4, -0.2) is 23.0 Å². The third-order valence-electron chi connectivity index (χ3n) is 3.50. The number of hydrogen-bond donors (Lipinski definition) is 0. The van der Waals surface area contributed by atoms with Crippen molar-refractivity contribution in [1.29, 1.82) is 0 Å². The van der Waals surface area contributed by atoms with E-state index in [4.69, 9.17) is 0 Å². The molecule has 1 saturated carbocycles. The molecule has 1 nitrogen and oxygen atoms in total. The lowest BCUT2D eigenvalue weighted by atomic mass is 9.57. The van der Waals surface area contributed by atoms with E-state index in [0.717, 1.165) is 30.0 Å². The van der Waals surface area contributed by atoms with Gasteiger partial charge in [0.25, 0.3) is 0 Å². The minimum Gasteiger partial charge on any atom is -0.294 e. The first-order chi connectivity index (χ1) is 5.13. The van der Waals surface area contributed by atoms with Crippen LogP contribution in [0, 0.1) is 11.8 Å². The molecule has 0 radical (unpaired) electrons. The Balaban J connectivity index is 1.92. The van der Waals surface area contributed by atoms with Gasteiger partial charge >= 0.3 is 0 Å². The van der Waals surface area contributed by atoms with Gasteiger partial charge < -0.3 is 0 Å². The van der Waals surface area contributed by atoms with Gasteiger partial charge in [0, 0.05) is 18.1 Å². The second kappa shape index (κ2) is 2.22. The quantitative estimate of drug-likeness (QED) is 0.587. The Hall–Kier alpha value is -0.0400. The monoisotopic (exact) mass is 153 g/mol. The number of rotatable bonds is 2. The van der Waals surface area contributed by atoms with Crippen molar-refractivity contribution >= 4 is 0 Å². The van der Waals surface area contributed by atoms with E-state index in [1.165, 1.54) is 6.42 Å². The maximum absolute atomic E-state index is 2.67. The molecule has 1 heteroatoms. The molecule has 3 fully saturated rings. The Morgan fingerprint density at radius 2 is 1.64 bits per heavy atom. The Bertz CT molecular complexity index is 136. The first kappa shape index (κ1) is 7.60. The molecule has 2 atom stereocenters. The van der Waals surface area contributed by atoms with Gasteiger partial charge in [-0.2, -0.15) is 0 Å². The molecule has 0 aromatic rings. The highest BCUT2D eigenvalue weighted by Crippen LogP contribution is 2.53. The highest BCUT2D eigenvalue weighted by molar-refractivity contribution is 5.15. The summed E-state index contributed by atoms with van der Waals surface area (Å²) >= 11 is 0. The molecule has 0 aromatic heterocycles. The molecule has 0 spiro atoms. The zero-order valence-corrected chi connectivity index (χ0v) is 8.04. The average Bonchev–Trinajstić information content (AvgIpc) is 1.49. The van der Waals surface area contributed by atoms with Crippen LogP contribution in [0.25, 0.3) is 0 Å². The Labute approximate surface area is 69.8 Å². The van der Waals surface area contributed by atoms with E-state index in [1.807, 2.05) is 0 Å². The van der Waals surface area contributed by atoms with Crippen LogP contribution in [-0.2, 0) is 0 Å². The third kappa shape index (κ3) is 0.807. The van der Waals surface area contributed by atoms with Crippen LogP contribution >= 0.6 is 0 Å². The van der Waals surface area contributed by atoms with Crippen LogP contribution in [0.15, 0.2) is 0 Å². The van der Waals surface area contributed by atoms with Crippen LogP contribution in [0.4, 0.5) is 0 Å². The predicted molar refractivity (Wildman–Crippen MR) is 47.5 cm³/mol. The molecule has 11 heavy (non-hydrogen) atoms. The molecule has 0 aromatic carbocycles. The summed E-state index contributed by atoms with van der Waals surface area (Å²) in [6.07, 6.45) is 1.49. The van der Waals surface area contributed by atoms with E-state index < -0.39 is 0 Å². The van der Waals surface area contributed by atoms with Crippen LogP contribution in [0.5, 0.6) is 0 Å². The standard InChI is InChI=1S/C10H19N/c1-6(2)10-8-5-9(10)11(8)7(3)4/h6-10H,5H2,1-4H3. The van der Waals surface area contributed by atoms with E-state index in [-0.39, 0.29) is 0 Å². The lowest BCUT2D eigenvalue weighted by Crippen LogP contribution is -2.78. The van der Waals surface area contributed by atoms with Crippen LogP contribution in [0.1, 0.15) is 34.1 Å². The van der Waals surface area contributed by atoms with Crippen molar-refractivity contribution < 1.29 is 0 Å². The minimum atomic E-state index is 0.786. The summed E-state index contributed by atoms with van der Waals surface area (Å²) in [5.74, 6) is 1.95.